The molecule has 0 aliphatic heterocycles. The third-order valence-corrected chi connectivity index (χ3v) is 12.4. The van der Waals surface area contributed by atoms with E-state index in [4.69, 9.17) is 4.74 Å². The Morgan fingerprint density at radius 2 is 0.729 bits per heavy atom. The summed E-state index contributed by atoms with van der Waals surface area (Å²) in [5.41, 5.74) is 0. The van der Waals surface area contributed by atoms with Gasteiger partial charge in [0.1, 0.15) is 0 Å². The Morgan fingerprint density at radius 1 is 0.407 bits per heavy atom. The van der Waals surface area contributed by atoms with Crippen molar-refractivity contribution < 1.29 is 19.8 Å². The summed E-state index contributed by atoms with van der Waals surface area (Å²) < 4.78 is 5.49. The average molecular weight is 835 g/mol. The number of nitrogens with zero attached hydrogens (tertiary/aromatic N) is 2. The third kappa shape index (κ3) is 49.6. The summed E-state index contributed by atoms with van der Waals surface area (Å²) >= 11 is 0. The van der Waals surface area contributed by atoms with Crippen LogP contribution < -0.4 is 0 Å². The molecule has 6 nitrogen and oxygen atoms in total. The fraction of sp³-hybridized carbons (Fsp3) is 0.943. The van der Waals surface area contributed by atoms with Gasteiger partial charge < -0.3 is 20.0 Å². The molecule has 0 saturated heterocycles. The first kappa shape index (κ1) is 58.0. The smallest absolute Gasteiger partial charge is 0.305 e. The molecule has 0 unspecified atom stereocenters. The molecule has 0 aromatic rings. The van der Waals surface area contributed by atoms with Crippen LogP contribution in [-0.2, 0) is 9.53 Å². The number of hydrogen-bond donors (Lipinski definition) is 2. The van der Waals surface area contributed by atoms with Crippen LogP contribution in [0.1, 0.15) is 277 Å². The zero-order chi connectivity index (χ0) is 42.8. The Bertz CT molecular complexity index is 823. The van der Waals surface area contributed by atoms with Crippen molar-refractivity contribution in [2.75, 3.05) is 45.9 Å². The molecule has 0 aliphatic rings. The van der Waals surface area contributed by atoms with Crippen molar-refractivity contribution in [2.24, 2.45) is 0 Å². The van der Waals surface area contributed by atoms with Crippen molar-refractivity contribution in [1.29, 1.82) is 0 Å². The molecule has 59 heavy (non-hydrogen) atoms. The minimum Gasteiger partial charge on any atom is -0.466 e. The standard InChI is InChI=1S/C53H106N2O4/c1-3-5-7-9-11-13-15-16-17-18-19-20-22-28-34-40-46-54(50-51-56)47-41-35-29-23-21-25-32-38-44-52-59-53(57)45-39-33-27-26-31-37-43-49-55(58)48-42-36-30-24-14-12-10-8-6-4-2/h16-17,56,58H,3-15,18-52H2,1-2H3/b17-16-. The molecule has 0 spiro atoms. The van der Waals surface area contributed by atoms with Crippen LogP contribution in [0.4, 0.5) is 0 Å². The normalized spacial score (nSPS) is 11.9. The number of rotatable bonds is 51. The highest BCUT2D eigenvalue weighted by Gasteiger charge is 2.06. The Morgan fingerprint density at radius 3 is 1.12 bits per heavy atom. The lowest BCUT2D eigenvalue weighted by Crippen LogP contribution is -2.29. The van der Waals surface area contributed by atoms with Gasteiger partial charge in [0.2, 0.25) is 0 Å². The minimum atomic E-state index is -0.0175. The second-order valence-corrected chi connectivity index (χ2v) is 18.3. The second-order valence-electron chi connectivity index (χ2n) is 18.3. The maximum absolute atomic E-state index is 12.1. The predicted octanol–water partition coefficient (Wildman–Crippen LogP) is 16.1. The van der Waals surface area contributed by atoms with Crippen molar-refractivity contribution in [2.45, 2.75) is 277 Å². The summed E-state index contributed by atoms with van der Waals surface area (Å²) in [6.07, 6.45) is 56.8. The first-order chi connectivity index (χ1) is 29.1. The van der Waals surface area contributed by atoms with Crippen LogP contribution in [0, 0.1) is 0 Å². The summed E-state index contributed by atoms with van der Waals surface area (Å²) in [6.45, 7) is 10.1. The zero-order valence-corrected chi connectivity index (χ0v) is 40.2. The van der Waals surface area contributed by atoms with E-state index in [2.05, 4.69) is 30.9 Å². The molecule has 0 aliphatic carbocycles. The van der Waals surface area contributed by atoms with E-state index in [1.807, 2.05) is 0 Å². The summed E-state index contributed by atoms with van der Waals surface area (Å²) in [5, 5.41) is 21.2. The van der Waals surface area contributed by atoms with Gasteiger partial charge in [-0.1, -0.05) is 219 Å². The minimum absolute atomic E-state index is 0.0175. The van der Waals surface area contributed by atoms with E-state index in [-0.39, 0.29) is 12.6 Å². The molecule has 0 aromatic heterocycles. The Labute approximate surface area is 369 Å². The van der Waals surface area contributed by atoms with Crippen LogP contribution in [0.2, 0.25) is 0 Å². The summed E-state index contributed by atoms with van der Waals surface area (Å²) in [6, 6.07) is 0. The van der Waals surface area contributed by atoms with Crippen molar-refractivity contribution in [3.8, 4) is 0 Å². The lowest BCUT2D eigenvalue weighted by atomic mass is 10.1. The topological polar surface area (TPSA) is 73.2 Å². The van der Waals surface area contributed by atoms with Gasteiger partial charge in [0.15, 0.2) is 0 Å². The molecule has 6 heteroatoms. The number of aliphatic hydroxyl groups is 1. The van der Waals surface area contributed by atoms with Crippen molar-refractivity contribution in [1.82, 2.24) is 9.96 Å². The lowest BCUT2D eigenvalue weighted by molar-refractivity contribution is -0.143. The van der Waals surface area contributed by atoms with Gasteiger partial charge in [-0.2, -0.15) is 5.06 Å². The molecule has 2 N–H and O–H groups in total. The molecule has 0 heterocycles. The molecule has 352 valence electrons. The number of ether oxygens (including phenoxy) is 1. The van der Waals surface area contributed by atoms with Crippen molar-refractivity contribution >= 4 is 5.97 Å². The summed E-state index contributed by atoms with van der Waals surface area (Å²) in [7, 11) is 0. The van der Waals surface area contributed by atoms with Gasteiger partial charge in [0.25, 0.3) is 0 Å². The van der Waals surface area contributed by atoms with Gasteiger partial charge in [-0.15, -0.1) is 0 Å². The van der Waals surface area contributed by atoms with Gasteiger partial charge >= 0.3 is 5.97 Å². The maximum Gasteiger partial charge on any atom is 0.305 e. The predicted molar refractivity (Wildman–Crippen MR) is 258 cm³/mol. The number of esters is 1. The fourth-order valence-electron chi connectivity index (χ4n) is 8.33. The number of hydrogen-bond acceptors (Lipinski definition) is 6. The first-order valence-electron chi connectivity index (χ1n) is 26.7. The van der Waals surface area contributed by atoms with Gasteiger partial charge in [-0.3, -0.25) is 4.79 Å². The molecule has 0 radical (unpaired) electrons. The number of carbonyl (C=O) groups is 1. The monoisotopic (exact) mass is 835 g/mol. The largest absolute Gasteiger partial charge is 0.466 e. The highest BCUT2D eigenvalue weighted by Crippen LogP contribution is 2.15. The quantitative estimate of drug-likeness (QED) is 0.0275. The summed E-state index contributed by atoms with van der Waals surface area (Å²) in [4.78, 5) is 14.6. The molecule has 0 saturated carbocycles. The van der Waals surface area contributed by atoms with Crippen molar-refractivity contribution in [3.05, 3.63) is 12.2 Å². The number of unbranched alkanes of at least 4 members (excludes halogenated alkanes) is 35. The number of hydroxylamine groups is 2. The third-order valence-electron chi connectivity index (χ3n) is 12.4. The number of allylic oxidation sites excluding steroid dienone is 2. The van der Waals surface area contributed by atoms with E-state index in [9.17, 15) is 15.1 Å². The van der Waals surface area contributed by atoms with Crippen LogP contribution in [0.5, 0.6) is 0 Å². The molecular weight excluding hydrogens is 729 g/mol. The SMILES string of the molecule is CCCCCCCC/C=C\CCCCCCCCN(CCO)CCCCCCCCCCCOC(=O)CCCCCCCCCN(O)CCCCCCCCCCCC. The van der Waals surface area contributed by atoms with Gasteiger partial charge in [0.05, 0.1) is 13.2 Å². The maximum atomic E-state index is 12.1. The lowest BCUT2D eigenvalue weighted by Gasteiger charge is -2.21. The Hall–Kier alpha value is -0.950. The molecular formula is C53H106N2O4. The van der Waals surface area contributed by atoms with E-state index >= 15 is 0 Å². The van der Waals surface area contributed by atoms with E-state index in [1.54, 1.807) is 0 Å². The fourth-order valence-corrected chi connectivity index (χ4v) is 8.33. The van der Waals surface area contributed by atoms with Crippen LogP contribution >= 0.6 is 0 Å². The Balaban J connectivity index is 3.42. The molecule has 0 bridgehead atoms. The van der Waals surface area contributed by atoms with E-state index in [0.717, 1.165) is 71.2 Å². The molecule has 0 amide bonds. The van der Waals surface area contributed by atoms with Gasteiger partial charge in [-0.25, -0.2) is 0 Å². The number of carbonyl (C=O) groups excluding carboxylic acids is 1. The average Bonchev–Trinajstić information content (AvgIpc) is 3.23. The highest BCUT2D eigenvalue weighted by molar-refractivity contribution is 5.69. The van der Waals surface area contributed by atoms with Crippen LogP contribution in [-0.4, -0.2) is 72.2 Å². The highest BCUT2D eigenvalue weighted by atomic mass is 16.5. The zero-order valence-electron chi connectivity index (χ0n) is 40.2. The van der Waals surface area contributed by atoms with E-state index < -0.39 is 0 Å². The van der Waals surface area contributed by atoms with Crippen LogP contribution in [0.3, 0.4) is 0 Å². The molecule has 0 aromatic carbocycles. The Kier molecular flexibility index (Phi) is 50.6. The van der Waals surface area contributed by atoms with Crippen molar-refractivity contribution in [3.63, 3.8) is 0 Å². The first-order valence-corrected chi connectivity index (χ1v) is 26.7. The van der Waals surface area contributed by atoms with Gasteiger partial charge in [-0.05, 0) is 77.3 Å². The second kappa shape index (κ2) is 51.4. The van der Waals surface area contributed by atoms with Gasteiger partial charge in [0, 0.05) is 26.1 Å². The summed E-state index contributed by atoms with van der Waals surface area (Å²) in [5.74, 6) is -0.0175. The van der Waals surface area contributed by atoms with E-state index in [0.29, 0.717) is 13.0 Å². The van der Waals surface area contributed by atoms with Crippen LogP contribution in [0.25, 0.3) is 0 Å². The van der Waals surface area contributed by atoms with Crippen LogP contribution in [0.15, 0.2) is 12.2 Å². The molecule has 0 rings (SSSR count). The molecule has 0 atom stereocenters. The number of aliphatic hydroxyl groups excluding tert-OH is 1. The molecule has 0 fully saturated rings. The van der Waals surface area contributed by atoms with E-state index in [1.165, 1.54) is 223 Å².